The van der Waals surface area contributed by atoms with Crippen LogP contribution in [0.15, 0.2) is 51.7 Å². The van der Waals surface area contributed by atoms with E-state index in [4.69, 9.17) is 16.0 Å². The Hall–Kier alpha value is -3.54. The zero-order chi connectivity index (χ0) is 24.5. The van der Waals surface area contributed by atoms with E-state index >= 15 is 0 Å². The molecular weight excluding hydrogens is 466 g/mol. The average molecular weight is 492 g/mol. The molecule has 0 unspecified atom stereocenters. The van der Waals surface area contributed by atoms with Crippen molar-refractivity contribution in [3.05, 3.63) is 69.0 Å². The van der Waals surface area contributed by atoms with Crippen LogP contribution in [0.5, 0.6) is 0 Å². The highest BCUT2D eigenvalue weighted by Crippen LogP contribution is 2.28. The van der Waals surface area contributed by atoms with E-state index in [2.05, 4.69) is 27.8 Å². The monoisotopic (exact) mass is 491 g/mol. The number of hydrogen-bond donors (Lipinski definition) is 0. The van der Waals surface area contributed by atoms with Gasteiger partial charge in [-0.15, -0.1) is 0 Å². The Bertz CT molecular complexity index is 1370. The molecule has 0 N–H and O–H groups in total. The third kappa shape index (κ3) is 4.57. The quantitative estimate of drug-likeness (QED) is 0.556. The molecule has 5 rings (SSSR count). The van der Waals surface area contributed by atoms with Gasteiger partial charge in [-0.1, -0.05) is 17.7 Å². The number of carbonyl (C=O) groups excluding carboxylic acids is 1. The second-order valence-corrected chi connectivity index (χ2v) is 9.38. The molecule has 0 spiro atoms. The van der Waals surface area contributed by atoms with Gasteiger partial charge in [0.2, 0.25) is 0 Å². The summed E-state index contributed by atoms with van der Waals surface area (Å²) in [5.74, 6) is -0.221. The van der Waals surface area contributed by atoms with Crippen LogP contribution in [-0.2, 0) is 0 Å². The maximum Gasteiger partial charge on any atom is 0.289 e. The molecule has 2 fully saturated rings. The van der Waals surface area contributed by atoms with E-state index in [0.717, 1.165) is 37.6 Å². The number of amides is 1. The van der Waals surface area contributed by atoms with E-state index in [9.17, 15) is 14.9 Å². The Morgan fingerprint density at radius 1 is 0.971 bits per heavy atom. The minimum absolute atomic E-state index is 0.0655. The first kappa shape index (κ1) is 23.2. The topological polar surface area (TPSA) is 84.0 Å². The second kappa shape index (κ2) is 9.61. The number of benzene rings is 2. The van der Waals surface area contributed by atoms with Crippen LogP contribution in [0, 0.1) is 11.3 Å². The van der Waals surface area contributed by atoms with Gasteiger partial charge in [-0.2, -0.15) is 5.26 Å². The fourth-order valence-electron chi connectivity index (χ4n) is 4.68. The van der Waals surface area contributed by atoms with Crippen LogP contribution in [-0.4, -0.2) is 75.1 Å². The lowest BCUT2D eigenvalue weighted by molar-refractivity contribution is 0.0715. The Labute approximate surface area is 208 Å². The number of piperazine rings is 2. The number of fused-ring (bicyclic) bond motifs is 1. The maximum atomic E-state index is 13.3. The first-order valence-electron chi connectivity index (χ1n) is 11.7. The predicted octanol–water partition coefficient (Wildman–Crippen LogP) is 3.03. The summed E-state index contributed by atoms with van der Waals surface area (Å²) in [5, 5.41) is 10.2. The van der Waals surface area contributed by atoms with Gasteiger partial charge in [0.15, 0.2) is 16.8 Å². The van der Waals surface area contributed by atoms with Crippen LogP contribution in [0.25, 0.3) is 11.0 Å². The number of rotatable bonds is 3. The number of para-hydroxylation sites is 1. The molecule has 0 aliphatic carbocycles. The first-order chi connectivity index (χ1) is 16.9. The molecule has 3 heterocycles. The molecule has 35 heavy (non-hydrogen) atoms. The standard InChI is InChI=1S/C26H26ClN5O3/c1-29-7-9-31(10-8-29)22-4-2-3-20-23(33)16-24(35-25(20)22)26(34)32-13-11-30(12-14-32)19-5-6-21(27)18(15-19)17-28/h2-6,15-16H,7-14H2,1H3. The van der Waals surface area contributed by atoms with Gasteiger partial charge in [0.25, 0.3) is 5.91 Å². The van der Waals surface area contributed by atoms with Gasteiger partial charge in [0.1, 0.15) is 6.07 Å². The summed E-state index contributed by atoms with van der Waals surface area (Å²) >= 11 is 6.05. The minimum atomic E-state index is -0.286. The highest BCUT2D eigenvalue weighted by Gasteiger charge is 2.26. The molecule has 2 aliphatic rings. The van der Waals surface area contributed by atoms with Crippen LogP contribution >= 0.6 is 11.6 Å². The highest BCUT2D eigenvalue weighted by molar-refractivity contribution is 6.31. The maximum absolute atomic E-state index is 13.3. The molecular formula is C26H26ClN5O3. The number of carbonyl (C=O) groups is 1. The van der Waals surface area contributed by atoms with Gasteiger partial charge in [-0.25, -0.2) is 0 Å². The molecule has 2 aromatic carbocycles. The van der Waals surface area contributed by atoms with Crippen molar-refractivity contribution in [2.24, 2.45) is 0 Å². The molecule has 0 bridgehead atoms. The fourth-order valence-corrected chi connectivity index (χ4v) is 4.84. The van der Waals surface area contributed by atoms with Crippen molar-refractivity contribution in [3.63, 3.8) is 0 Å². The van der Waals surface area contributed by atoms with Gasteiger partial charge in [-0.05, 0) is 37.4 Å². The van der Waals surface area contributed by atoms with Crippen molar-refractivity contribution in [2.45, 2.75) is 0 Å². The SMILES string of the molecule is CN1CCN(c2cccc3c(=O)cc(C(=O)N4CCN(c5ccc(Cl)c(C#N)c5)CC4)oc23)CC1. The number of halogens is 1. The van der Waals surface area contributed by atoms with E-state index < -0.39 is 0 Å². The van der Waals surface area contributed by atoms with Crippen molar-refractivity contribution in [2.75, 3.05) is 69.2 Å². The molecule has 2 aliphatic heterocycles. The summed E-state index contributed by atoms with van der Waals surface area (Å²) in [6, 6.07) is 14.3. The van der Waals surface area contributed by atoms with Crippen LogP contribution in [0.2, 0.25) is 5.02 Å². The van der Waals surface area contributed by atoms with Crippen LogP contribution < -0.4 is 15.2 Å². The van der Waals surface area contributed by atoms with Crippen molar-refractivity contribution in [1.82, 2.24) is 9.80 Å². The lowest BCUT2D eigenvalue weighted by atomic mass is 10.1. The largest absolute Gasteiger partial charge is 0.448 e. The number of likely N-dealkylation sites (N-methyl/N-ethyl adjacent to an activating group) is 1. The van der Waals surface area contributed by atoms with Gasteiger partial charge in [0, 0.05) is 64.1 Å². The number of nitriles is 1. The molecule has 2 saturated heterocycles. The molecule has 180 valence electrons. The van der Waals surface area contributed by atoms with E-state index in [1.165, 1.54) is 6.07 Å². The smallest absolute Gasteiger partial charge is 0.289 e. The normalized spacial score (nSPS) is 17.0. The average Bonchev–Trinajstić information content (AvgIpc) is 2.89. The number of anilines is 2. The highest BCUT2D eigenvalue weighted by atomic mass is 35.5. The molecule has 3 aromatic rings. The predicted molar refractivity (Wildman–Crippen MR) is 136 cm³/mol. The molecule has 1 aromatic heterocycles. The summed E-state index contributed by atoms with van der Waals surface area (Å²) in [6.07, 6.45) is 0. The fraction of sp³-hybridized carbons (Fsp3) is 0.346. The van der Waals surface area contributed by atoms with Crippen molar-refractivity contribution >= 4 is 39.9 Å². The summed E-state index contributed by atoms with van der Waals surface area (Å²) in [4.78, 5) is 34.5. The number of nitrogens with zero attached hydrogens (tertiary/aromatic N) is 5. The molecule has 8 nitrogen and oxygen atoms in total. The summed E-state index contributed by atoms with van der Waals surface area (Å²) in [7, 11) is 2.09. The van der Waals surface area contributed by atoms with E-state index in [1.807, 2.05) is 18.2 Å². The van der Waals surface area contributed by atoms with E-state index in [1.54, 1.807) is 23.1 Å². The minimum Gasteiger partial charge on any atom is -0.448 e. The Balaban J connectivity index is 1.36. The van der Waals surface area contributed by atoms with E-state index in [0.29, 0.717) is 47.7 Å². The summed E-state index contributed by atoms with van der Waals surface area (Å²) < 4.78 is 6.11. The van der Waals surface area contributed by atoms with Crippen molar-refractivity contribution < 1.29 is 9.21 Å². The van der Waals surface area contributed by atoms with E-state index in [-0.39, 0.29) is 17.1 Å². The first-order valence-corrected chi connectivity index (χ1v) is 12.1. The molecule has 9 heteroatoms. The van der Waals surface area contributed by atoms with Gasteiger partial charge >= 0.3 is 0 Å². The zero-order valence-electron chi connectivity index (χ0n) is 19.5. The zero-order valence-corrected chi connectivity index (χ0v) is 20.3. The third-order valence-electron chi connectivity index (χ3n) is 6.79. The Kier molecular flexibility index (Phi) is 6.37. The van der Waals surface area contributed by atoms with Crippen molar-refractivity contribution in [1.29, 1.82) is 5.26 Å². The van der Waals surface area contributed by atoms with Gasteiger partial charge in [-0.3, -0.25) is 9.59 Å². The molecule has 1 amide bonds. The van der Waals surface area contributed by atoms with Crippen molar-refractivity contribution in [3.8, 4) is 6.07 Å². The molecule has 0 atom stereocenters. The van der Waals surface area contributed by atoms with Crippen LogP contribution in [0.4, 0.5) is 11.4 Å². The lowest BCUT2D eigenvalue weighted by Gasteiger charge is -2.36. The lowest BCUT2D eigenvalue weighted by Crippen LogP contribution is -2.49. The number of hydrogen-bond acceptors (Lipinski definition) is 7. The molecule has 0 radical (unpaired) electrons. The third-order valence-corrected chi connectivity index (χ3v) is 7.12. The molecule has 0 saturated carbocycles. The van der Waals surface area contributed by atoms with Crippen LogP contribution in [0.1, 0.15) is 16.1 Å². The second-order valence-electron chi connectivity index (χ2n) is 8.97. The summed E-state index contributed by atoms with van der Waals surface area (Å²) in [5.41, 5.74) is 2.43. The Morgan fingerprint density at radius 3 is 2.40 bits per heavy atom. The van der Waals surface area contributed by atoms with Gasteiger partial charge in [0.05, 0.1) is 21.7 Å². The summed E-state index contributed by atoms with van der Waals surface area (Å²) in [6.45, 7) is 5.66. The van der Waals surface area contributed by atoms with Gasteiger partial charge < -0.3 is 24.0 Å². The Morgan fingerprint density at radius 2 is 1.69 bits per heavy atom. The van der Waals surface area contributed by atoms with Crippen LogP contribution in [0.3, 0.4) is 0 Å².